The van der Waals surface area contributed by atoms with Crippen LogP contribution in [0, 0.1) is 6.92 Å². The van der Waals surface area contributed by atoms with Crippen molar-refractivity contribution in [3.05, 3.63) is 65.9 Å². The van der Waals surface area contributed by atoms with Crippen LogP contribution in [0.25, 0.3) is 5.69 Å². The monoisotopic (exact) mass is 367 g/mol. The van der Waals surface area contributed by atoms with Crippen molar-refractivity contribution < 1.29 is 14.3 Å². The van der Waals surface area contributed by atoms with Crippen molar-refractivity contribution in [3.8, 4) is 17.3 Å². The van der Waals surface area contributed by atoms with Crippen LogP contribution >= 0.6 is 0 Å². The summed E-state index contributed by atoms with van der Waals surface area (Å²) in [6, 6.07) is 14.4. The molecule has 3 rings (SSSR count). The predicted molar refractivity (Wildman–Crippen MR) is 102 cm³/mol. The number of ether oxygens (including phenoxy) is 2. The van der Waals surface area contributed by atoms with Crippen molar-refractivity contribution in [1.29, 1.82) is 0 Å². The Morgan fingerprint density at radius 1 is 1.19 bits per heavy atom. The van der Waals surface area contributed by atoms with E-state index in [0.29, 0.717) is 11.6 Å². The van der Waals surface area contributed by atoms with Crippen LogP contribution in [0.3, 0.4) is 0 Å². The number of rotatable bonds is 6. The highest BCUT2D eigenvalue weighted by atomic mass is 16.5. The summed E-state index contributed by atoms with van der Waals surface area (Å²) < 4.78 is 12.7. The standard InChI is InChI=1S/C19H21N5O3/c1-13-4-3-5-17(21-19(25)22-20)16(13)12-27-18-10-11-24(23-18)14-6-8-15(26-2)9-7-14/h3-11H,12,20H2,1-2H3,(H2,21,22,25). The molecule has 0 atom stereocenters. The molecule has 4 N–H and O–H groups in total. The van der Waals surface area contributed by atoms with Gasteiger partial charge in [0.05, 0.1) is 12.8 Å². The Balaban J connectivity index is 1.72. The van der Waals surface area contributed by atoms with Gasteiger partial charge in [-0.3, -0.25) is 5.43 Å². The molecule has 0 aliphatic heterocycles. The second kappa shape index (κ2) is 8.24. The number of carbonyl (C=O) groups excluding carboxylic acids is 1. The number of nitrogens with zero attached hydrogens (tertiary/aromatic N) is 2. The minimum absolute atomic E-state index is 0.256. The van der Waals surface area contributed by atoms with E-state index in [1.807, 2.05) is 54.9 Å². The topological polar surface area (TPSA) is 103 Å². The SMILES string of the molecule is COc1ccc(-n2ccc(OCc3c(C)cccc3NC(=O)NN)n2)cc1. The van der Waals surface area contributed by atoms with E-state index in [1.165, 1.54) is 0 Å². The van der Waals surface area contributed by atoms with Crippen molar-refractivity contribution in [2.75, 3.05) is 12.4 Å². The average molecular weight is 367 g/mol. The molecular weight excluding hydrogens is 346 g/mol. The van der Waals surface area contributed by atoms with E-state index in [2.05, 4.69) is 10.4 Å². The van der Waals surface area contributed by atoms with Crippen molar-refractivity contribution in [3.63, 3.8) is 0 Å². The molecule has 27 heavy (non-hydrogen) atoms. The maximum absolute atomic E-state index is 11.5. The van der Waals surface area contributed by atoms with Gasteiger partial charge in [-0.15, -0.1) is 5.10 Å². The van der Waals surface area contributed by atoms with E-state index in [4.69, 9.17) is 15.3 Å². The van der Waals surface area contributed by atoms with Gasteiger partial charge >= 0.3 is 6.03 Å². The summed E-state index contributed by atoms with van der Waals surface area (Å²) in [5.41, 5.74) is 5.41. The summed E-state index contributed by atoms with van der Waals surface area (Å²) in [5.74, 6) is 6.39. The van der Waals surface area contributed by atoms with Crippen LogP contribution in [0.4, 0.5) is 10.5 Å². The zero-order valence-corrected chi connectivity index (χ0v) is 15.1. The molecule has 1 aromatic heterocycles. The lowest BCUT2D eigenvalue weighted by Crippen LogP contribution is -2.34. The predicted octanol–water partition coefficient (Wildman–Crippen LogP) is 2.76. The average Bonchev–Trinajstić information content (AvgIpc) is 3.16. The number of amides is 2. The third kappa shape index (κ3) is 4.36. The summed E-state index contributed by atoms with van der Waals surface area (Å²) in [4.78, 5) is 11.5. The number of hydrogen-bond donors (Lipinski definition) is 3. The highest BCUT2D eigenvalue weighted by Gasteiger charge is 2.10. The first-order valence-corrected chi connectivity index (χ1v) is 8.29. The zero-order valence-electron chi connectivity index (χ0n) is 15.1. The van der Waals surface area contributed by atoms with Gasteiger partial charge in [0.1, 0.15) is 12.4 Å². The Labute approximate surface area is 156 Å². The van der Waals surface area contributed by atoms with Gasteiger partial charge in [0.15, 0.2) is 0 Å². The van der Waals surface area contributed by atoms with Crippen LogP contribution in [0.5, 0.6) is 11.6 Å². The van der Waals surface area contributed by atoms with Crippen LogP contribution in [0.1, 0.15) is 11.1 Å². The van der Waals surface area contributed by atoms with E-state index in [-0.39, 0.29) is 6.61 Å². The van der Waals surface area contributed by atoms with E-state index in [0.717, 1.165) is 22.6 Å². The third-order valence-electron chi connectivity index (χ3n) is 4.06. The van der Waals surface area contributed by atoms with Crippen LogP contribution in [0.15, 0.2) is 54.7 Å². The molecular formula is C19H21N5O3. The van der Waals surface area contributed by atoms with Crippen LogP contribution < -0.4 is 26.1 Å². The number of carbonyl (C=O) groups is 1. The second-order valence-electron chi connectivity index (χ2n) is 5.78. The molecule has 0 spiro atoms. The first-order valence-electron chi connectivity index (χ1n) is 8.29. The Hall–Kier alpha value is -3.52. The lowest BCUT2D eigenvalue weighted by molar-refractivity contribution is 0.252. The van der Waals surface area contributed by atoms with Crippen molar-refractivity contribution >= 4 is 11.7 Å². The zero-order chi connectivity index (χ0) is 19.2. The largest absolute Gasteiger partial charge is 0.497 e. The molecule has 0 aliphatic carbocycles. The quantitative estimate of drug-likeness (QED) is 0.353. The smallest absolute Gasteiger partial charge is 0.333 e. The molecule has 8 heteroatoms. The molecule has 0 aliphatic rings. The lowest BCUT2D eigenvalue weighted by Gasteiger charge is -2.13. The highest BCUT2D eigenvalue weighted by Crippen LogP contribution is 2.22. The number of hydrazine groups is 1. The minimum atomic E-state index is -0.495. The number of urea groups is 1. The summed E-state index contributed by atoms with van der Waals surface area (Å²) in [5, 5.41) is 7.11. The van der Waals surface area contributed by atoms with Crippen LogP contribution in [-0.4, -0.2) is 22.9 Å². The maximum atomic E-state index is 11.5. The van der Waals surface area contributed by atoms with Gasteiger partial charge in [0.25, 0.3) is 0 Å². The Morgan fingerprint density at radius 2 is 1.96 bits per heavy atom. The summed E-state index contributed by atoms with van der Waals surface area (Å²) in [6.45, 7) is 2.20. The van der Waals surface area contributed by atoms with Gasteiger partial charge < -0.3 is 14.8 Å². The van der Waals surface area contributed by atoms with Crippen LogP contribution in [-0.2, 0) is 6.61 Å². The van der Waals surface area contributed by atoms with Crippen molar-refractivity contribution in [2.45, 2.75) is 13.5 Å². The molecule has 2 aromatic carbocycles. The molecule has 8 nitrogen and oxygen atoms in total. The molecule has 3 aromatic rings. The van der Waals surface area contributed by atoms with Crippen molar-refractivity contribution in [2.24, 2.45) is 5.84 Å². The fourth-order valence-corrected chi connectivity index (χ4v) is 2.58. The third-order valence-corrected chi connectivity index (χ3v) is 4.06. The number of anilines is 1. The fourth-order valence-electron chi connectivity index (χ4n) is 2.58. The molecule has 0 saturated carbocycles. The van der Waals surface area contributed by atoms with Gasteiger partial charge in [-0.1, -0.05) is 12.1 Å². The molecule has 2 amide bonds. The number of benzene rings is 2. The van der Waals surface area contributed by atoms with Crippen LogP contribution in [0.2, 0.25) is 0 Å². The van der Waals surface area contributed by atoms with Crippen molar-refractivity contribution in [1.82, 2.24) is 15.2 Å². The lowest BCUT2D eigenvalue weighted by atomic mass is 10.1. The van der Waals surface area contributed by atoms with Gasteiger partial charge in [-0.25, -0.2) is 15.3 Å². The van der Waals surface area contributed by atoms with Gasteiger partial charge in [-0.05, 0) is 42.8 Å². The molecule has 0 fully saturated rings. The maximum Gasteiger partial charge on any atom is 0.333 e. The molecule has 0 unspecified atom stereocenters. The molecule has 140 valence electrons. The molecule has 0 bridgehead atoms. The highest BCUT2D eigenvalue weighted by molar-refractivity contribution is 5.89. The Morgan fingerprint density at radius 3 is 2.67 bits per heavy atom. The number of methoxy groups -OCH3 is 1. The Bertz CT molecular complexity index is 921. The van der Waals surface area contributed by atoms with E-state index < -0.39 is 6.03 Å². The fraction of sp³-hybridized carbons (Fsp3) is 0.158. The summed E-state index contributed by atoms with van der Waals surface area (Å²) >= 11 is 0. The number of nitrogens with one attached hydrogen (secondary N) is 2. The molecule has 0 saturated heterocycles. The molecule has 1 heterocycles. The number of aryl methyl sites for hydroxylation is 1. The van der Waals surface area contributed by atoms with E-state index in [1.54, 1.807) is 23.9 Å². The van der Waals surface area contributed by atoms with E-state index >= 15 is 0 Å². The normalized spacial score (nSPS) is 10.3. The van der Waals surface area contributed by atoms with Gasteiger partial charge in [-0.2, -0.15) is 0 Å². The Kier molecular flexibility index (Phi) is 5.58. The molecule has 0 radical (unpaired) electrons. The summed E-state index contributed by atoms with van der Waals surface area (Å²) in [7, 11) is 1.63. The number of hydrogen-bond acceptors (Lipinski definition) is 5. The first-order chi connectivity index (χ1) is 13.1. The van der Waals surface area contributed by atoms with E-state index in [9.17, 15) is 4.79 Å². The van der Waals surface area contributed by atoms with Gasteiger partial charge in [0.2, 0.25) is 5.88 Å². The van der Waals surface area contributed by atoms with Gasteiger partial charge in [0, 0.05) is 23.5 Å². The number of aromatic nitrogens is 2. The summed E-state index contributed by atoms with van der Waals surface area (Å²) in [6.07, 6.45) is 1.82. The minimum Gasteiger partial charge on any atom is -0.497 e. The first kappa shape index (κ1) is 18.3. The number of nitrogens with two attached hydrogens (primary N) is 1. The second-order valence-corrected chi connectivity index (χ2v) is 5.78.